The summed E-state index contributed by atoms with van der Waals surface area (Å²) in [6.45, 7) is 2.41. The van der Waals surface area contributed by atoms with E-state index in [4.69, 9.17) is 0 Å². The highest BCUT2D eigenvalue weighted by molar-refractivity contribution is 7.96. The lowest BCUT2D eigenvalue weighted by Gasteiger charge is -2.28. The van der Waals surface area contributed by atoms with Crippen molar-refractivity contribution in [2.45, 2.75) is 19.0 Å². The quantitative estimate of drug-likeness (QED) is 0.626. The molecular formula is C22H22P+. The fourth-order valence-corrected chi connectivity index (χ4v) is 9.24. The first kappa shape index (κ1) is 14.7. The van der Waals surface area contributed by atoms with Crippen LogP contribution in [0.2, 0.25) is 0 Å². The monoisotopic (exact) mass is 317 g/mol. The second-order valence-electron chi connectivity index (χ2n) is 6.51. The molecule has 1 aliphatic carbocycles. The Bertz CT molecular complexity index is 668. The van der Waals surface area contributed by atoms with Crippen LogP contribution >= 0.6 is 7.26 Å². The van der Waals surface area contributed by atoms with E-state index in [2.05, 4.69) is 97.9 Å². The molecule has 0 radical (unpaired) electrons. The molecule has 0 bridgehead atoms. The van der Waals surface area contributed by atoms with Crippen molar-refractivity contribution in [2.24, 2.45) is 5.92 Å². The minimum atomic E-state index is -1.57. The van der Waals surface area contributed by atoms with Crippen molar-refractivity contribution in [1.29, 1.82) is 0 Å². The Morgan fingerprint density at radius 3 is 1.17 bits per heavy atom. The minimum Gasteiger partial charge on any atom is -0.0620 e. The lowest BCUT2D eigenvalue weighted by molar-refractivity contribution is 0.984. The van der Waals surface area contributed by atoms with Gasteiger partial charge in [-0.05, 0) is 48.7 Å². The maximum absolute atomic E-state index is 2.41. The molecule has 114 valence electrons. The number of hydrogen-bond donors (Lipinski definition) is 0. The van der Waals surface area contributed by atoms with Gasteiger partial charge in [-0.25, -0.2) is 0 Å². The Balaban J connectivity index is 2.03. The zero-order chi connectivity index (χ0) is 15.7. The van der Waals surface area contributed by atoms with Gasteiger partial charge in [0.05, 0.1) is 5.66 Å². The minimum absolute atomic E-state index is 0.773. The lowest BCUT2D eigenvalue weighted by Crippen LogP contribution is -2.34. The number of hydrogen-bond acceptors (Lipinski definition) is 0. The molecule has 0 heterocycles. The second kappa shape index (κ2) is 5.95. The van der Waals surface area contributed by atoms with Gasteiger partial charge in [-0.2, -0.15) is 0 Å². The largest absolute Gasteiger partial charge is 0.115 e. The zero-order valence-corrected chi connectivity index (χ0v) is 14.4. The fourth-order valence-electron chi connectivity index (χ4n) is 3.85. The van der Waals surface area contributed by atoms with E-state index in [1.165, 1.54) is 22.3 Å². The van der Waals surface area contributed by atoms with Crippen LogP contribution in [-0.2, 0) is 0 Å². The van der Waals surface area contributed by atoms with Crippen LogP contribution in [0.25, 0.3) is 0 Å². The maximum atomic E-state index is 2.41. The van der Waals surface area contributed by atoms with Crippen LogP contribution in [0.3, 0.4) is 0 Å². The Hall–Kier alpha value is -1.91. The van der Waals surface area contributed by atoms with Gasteiger partial charge in [0, 0.05) is 0 Å². The Labute approximate surface area is 139 Å². The van der Waals surface area contributed by atoms with Crippen LogP contribution in [0.1, 0.15) is 13.3 Å². The van der Waals surface area contributed by atoms with E-state index in [-0.39, 0.29) is 0 Å². The van der Waals surface area contributed by atoms with Gasteiger partial charge < -0.3 is 0 Å². The summed E-state index contributed by atoms with van der Waals surface area (Å²) in [7, 11) is -1.57. The molecule has 23 heavy (non-hydrogen) atoms. The summed E-state index contributed by atoms with van der Waals surface area (Å²) in [5.74, 6) is 0.809. The third-order valence-corrected chi connectivity index (χ3v) is 10.1. The summed E-state index contributed by atoms with van der Waals surface area (Å²) >= 11 is 0. The van der Waals surface area contributed by atoms with E-state index in [0.717, 1.165) is 11.6 Å². The van der Waals surface area contributed by atoms with Crippen molar-refractivity contribution in [3.63, 3.8) is 0 Å². The van der Waals surface area contributed by atoms with Crippen LogP contribution in [0.15, 0.2) is 91.0 Å². The van der Waals surface area contributed by atoms with Gasteiger partial charge in [-0.15, -0.1) is 0 Å². The first-order valence-corrected chi connectivity index (χ1v) is 10.2. The molecule has 0 nitrogen and oxygen atoms in total. The Kier molecular flexibility index (Phi) is 3.79. The summed E-state index contributed by atoms with van der Waals surface area (Å²) in [4.78, 5) is 0. The molecule has 4 rings (SSSR count). The van der Waals surface area contributed by atoms with E-state index in [1.54, 1.807) is 0 Å². The summed E-state index contributed by atoms with van der Waals surface area (Å²) in [6.07, 6.45) is 1.34. The first-order chi connectivity index (χ1) is 11.3. The van der Waals surface area contributed by atoms with Crippen molar-refractivity contribution in [3.8, 4) is 0 Å². The molecule has 1 saturated carbocycles. The topological polar surface area (TPSA) is 0 Å². The van der Waals surface area contributed by atoms with E-state index >= 15 is 0 Å². The fraction of sp³-hybridized carbons (Fsp3) is 0.182. The molecule has 0 amide bonds. The summed E-state index contributed by atoms with van der Waals surface area (Å²) < 4.78 is 0. The van der Waals surface area contributed by atoms with Crippen molar-refractivity contribution in [2.75, 3.05) is 0 Å². The molecule has 0 unspecified atom stereocenters. The first-order valence-electron chi connectivity index (χ1n) is 8.39. The standard InChI is InChI=1S/C22H22P/c1-18-17-22(18)23(19-11-5-2-6-12-19,20-13-7-3-8-14-20)21-15-9-4-10-16-21/h2-16,18,22H,17H2,1H3/q+1/t18-,22-/m0/s1. The van der Waals surface area contributed by atoms with Gasteiger partial charge >= 0.3 is 0 Å². The molecule has 0 saturated heterocycles. The average molecular weight is 317 g/mol. The Morgan fingerprint density at radius 2 is 0.913 bits per heavy atom. The molecule has 1 heteroatoms. The van der Waals surface area contributed by atoms with Gasteiger partial charge in [-0.1, -0.05) is 61.5 Å². The highest BCUT2D eigenvalue weighted by Crippen LogP contribution is 2.69. The predicted octanol–water partition coefficient (Wildman–Crippen LogP) is 4.39. The smallest absolute Gasteiger partial charge is 0.0620 e. The average Bonchev–Trinajstić information content (AvgIpc) is 3.35. The van der Waals surface area contributed by atoms with E-state index in [0.29, 0.717) is 0 Å². The van der Waals surface area contributed by atoms with Crippen LogP contribution in [-0.4, -0.2) is 5.66 Å². The highest BCUT2D eigenvalue weighted by atomic mass is 31.2. The van der Waals surface area contributed by atoms with Crippen molar-refractivity contribution in [3.05, 3.63) is 91.0 Å². The van der Waals surface area contributed by atoms with Crippen molar-refractivity contribution >= 4 is 23.2 Å². The second-order valence-corrected chi connectivity index (χ2v) is 10.2. The normalized spacial score (nSPS) is 20.2. The SMILES string of the molecule is C[C@H]1C[C@@H]1[P+](c1ccccc1)(c1ccccc1)c1ccccc1. The number of benzene rings is 3. The molecule has 3 aromatic carbocycles. The highest BCUT2D eigenvalue weighted by Gasteiger charge is 2.61. The van der Waals surface area contributed by atoms with E-state index < -0.39 is 7.26 Å². The predicted molar refractivity (Wildman–Crippen MR) is 103 cm³/mol. The molecule has 0 N–H and O–H groups in total. The van der Waals surface area contributed by atoms with Gasteiger partial charge in [0.15, 0.2) is 0 Å². The number of rotatable bonds is 4. The van der Waals surface area contributed by atoms with Crippen LogP contribution in [0, 0.1) is 5.92 Å². The van der Waals surface area contributed by atoms with E-state index in [1.807, 2.05) is 0 Å². The Morgan fingerprint density at radius 1 is 0.609 bits per heavy atom. The molecule has 3 aromatic rings. The molecule has 1 aliphatic rings. The molecular weight excluding hydrogens is 295 g/mol. The molecule has 0 spiro atoms. The van der Waals surface area contributed by atoms with Crippen LogP contribution in [0.5, 0.6) is 0 Å². The molecule has 2 atom stereocenters. The zero-order valence-electron chi connectivity index (χ0n) is 13.5. The van der Waals surface area contributed by atoms with Gasteiger partial charge in [0.1, 0.15) is 23.2 Å². The third kappa shape index (κ3) is 2.42. The van der Waals surface area contributed by atoms with Gasteiger partial charge in [-0.3, -0.25) is 0 Å². The lowest BCUT2D eigenvalue weighted by atomic mass is 10.4. The molecule has 0 aromatic heterocycles. The van der Waals surface area contributed by atoms with Crippen molar-refractivity contribution in [1.82, 2.24) is 0 Å². The summed E-state index contributed by atoms with van der Waals surface area (Å²) in [5.41, 5.74) is 0.773. The van der Waals surface area contributed by atoms with Crippen LogP contribution < -0.4 is 15.9 Å². The van der Waals surface area contributed by atoms with Crippen LogP contribution in [0.4, 0.5) is 0 Å². The maximum Gasteiger partial charge on any atom is 0.115 e. The molecule has 1 fully saturated rings. The summed E-state index contributed by atoms with van der Waals surface area (Å²) in [5, 5.41) is 4.56. The van der Waals surface area contributed by atoms with Crippen molar-refractivity contribution < 1.29 is 0 Å². The summed E-state index contributed by atoms with van der Waals surface area (Å²) in [6, 6.07) is 33.6. The van der Waals surface area contributed by atoms with Gasteiger partial charge in [0.2, 0.25) is 0 Å². The third-order valence-electron chi connectivity index (χ3n) is 5.05. The molecule has 0 aliphatic heterocycles. The van der Waals surface area contributed by atoms with E-state index in [9.17, 15) is 0 Å². The van der Waals surface area contributed by atoms with Gasteiger partial charge in [0.25, 0.3) is 0 Å².